The SMILES string of the molecule is Cc1ncc2cc(-n3nnc4cnc(N=C5CC[C@@H](O)C5)nc43)ccc2n1. The molecule has 5 rings (SSSR count). The van der Waals surface area contributed by atoms with Crippen molar-refractivity contribution in [3.63, 3.8) is 0 Å². The van der Waals surface area contributed by atoms with Crippen LogP contribution < -0.4 is 0 Å². The highest BCUT2D eigenvalue weighted by molar-refractivity contribution is 5.88. The first-order valence-corrected chi connectivity index (χ1v) is 8.72. The van der Waals surface area contributed by atoms with Gasteiger partial charge >= 0.3 is 0 Å². The van der Waals surface area contributed by atoms with Crippen molar-refractivity contribution in [2.24, 2.45) is 4.99 Å². The Morgan fingerprint density at radius 2 is 2.07 bits per heavy atom. The van der Waals surface area contributed by atoms with Crippen LogP contribution in [0.1, 0.15) is 25.1 Å². The van der Waals surface area contributed by atoms with E-state index < -0.39 is 0 Å². The second kappa shape index (κ2) is 6.13. The van der Waals surface area contributed by atoms with Crippen LogP contribution in [-0.4, -0.2) is 51.9 Å². The molecule has 1 aliphatic rings. The van der Waals surface area contributed by atoms with Crippen molar-refractivity contribution in [1.82, 2.24) is 34.9 Å². The number of aryl methyl sites for hydroxylation is 1. The second-order valence-electron chi connectivity index (χ2n) is 6.62. The Labute approximate surface area is 153 Å². The van der Waals surface area contributed by atoms with Crippen molar-refractivity contribution in [2.45, 2.75) is 32.3 Å². The lowest BCUT2D eigenvalue weighted by atomic mass is 10.2. The molecule has 0 spiro atoms. The zero-order valence-corrected chi connectivity index (χ0v) is 14.6. The van der Waals surface area contributed by atoms with Crippen LogP contribution in [0.25, 0.3) is 27.8 Å². The van der Waals surface area contributed by atoms with Gasteiger partial charge in [0.2, 0.25) is 0 Å². The lowest BCUT2D eigenvalue weighted by Gasteiger charge is -2.04. The van der Waals surface area contributed by atoms with E-state index in [1.165, 1.54) is 0 Å². The molecule has 0 radical (unpaired) electrons. The predicted molar refractivity (Wildman–Crippen MR) is 99.2 cm³/mol. The molecule has 1 atom stereocenters. The molecule has 1 aliphatic carbocycles. The van der Waals surface area contributed by atoms with Crippen LogP contribution in [0.3, 0.4) is 0 Å². The molecule has 0 bridgehead atoms. The average Bonchev–Trinajstić information content (AvgIpc) is 3.27. The van der Waals surface area contributed by atoms with Gasteiger partial charge in [-0.15, -0.1) is 5.10 Å². The van der Waals surface area contributed by atoms with E-state index in [9.17, 15) is 5.11 Å². The maximum atomic E-state index is 9.66. The van der Waals surface area contributed by atoms with E-state index in [-0.39, 0.29) is 6.10 Å². The smallest absolute Gasteiger partial charge is 0.251 e. The first-order chi connectivity index (χ1) is 13.2. The molecule has 27 heavy (non-hydrogen) atoms. The standard InChI is InChI=1S/C18H16N8O/c1-10-19-8-11-6-13(3-5-15(11)21-10)26-17-16(24-25-26)9-20-18(23-17)22-12-2-4-14(27)7-12/h3,5-6,8-9,14,27H,2,4,7H2,1H3/t14-/m1/s1. The number of fused-ring (bicyclic) bond motifs is 2. The first kappa shape index (κ1) is 15.9. The average molecular weight is 360 g/mol. The number of aliphatic hydroxyl groups excluding tert-OH is 1. The van der Waals surface area contributed by atoms with Crippen molar-refractivity contribution in [2.75, 3.05) is 0 Å². The maximum absolute atomic E-state index is 9.66. The molecule has 0 unspecified atom stereocenters. The number of rotatable bonds is 2. The Hall–Kier alpha value is -3.33. The lowest BCUT2D eigenvalue weighted by Crippen LogP contribution is -2.00. The fourth-order valence-electron chi connectivity index (χ4n) is 3.24. The van der Waals surface area contributed by atoms with E-state index in [0.29, 0.717) is 23.5 Å². The van der Waals surface area contributed by atoms with E-state index in [0.717, 1.165) is 41.0 Å². The van der Waals surface area contributed by atoms with Gasteiger partial charge in [-0.1, -0.05) is 5.21 Å². The third-order valence-corrected chi connectivity index (χ3v) is 4.60. The van der Waals surface area contributed by atoms with Gasteiger partial charge in [0, 0.05) is 23.7 Å². The molecule has 3 heterocycles. The molecule has 134 valence electrons. The van der Waals surface area contributed by atoms with Gasteiger partial charge in [0.15, 0.2) is 11.2 Å². The van der Waals surface area contributed by atoms with Crippen LogP contribution in [0, 0.1) is 6.92 Å². The van der Waals surface area contributed by atoms with Crippen LogP contribution in [0.4, 0.5) is 5.95 Å². The summed E-state index contributed by atoms with van der Waals surface area (Å²) in [5.74, 6) is 1.09. The molecule has 9 nitrogen and oxygen atoms in total. The molecule has 9 heteroatoms. The van der Waals surface area contributed by atoms with E-state index in [2.05, 4.69) is 35.2 Å². The highest BCUT2D eigenvalue weighted by atomic mass is 16.3. The number of aliphatic hydroxyl groups is 1. The Bertz CT molecular complexity index is 1200. The van der Waals surface area contributed by atoms with E-state index in [1.54, 1.807) is 17.1 Å². The summed E-state index contributed by atoms with van der Waals surface area (Å²) in [5, 5.41) is 18.9. The molecule has 1 fully saturated rings. The molecule has 0 aliphatic heterocycles. The Morgan fingerprint density at radius 1 is 1.15 bits per heavy atom. The summed E-state index contributed by atoms with van der Waals surface area (Å²) in [5.41, 5.74) is 3.77. The second-order valence-corrected chi connectivity index (χ2v) is 6.62. The summed E-state index contributed by atoms with van der Waals surface area (Å²) in [6.45, 7) is 1.86. The van der Waals surface area contributed by atoms with Crippen LogP contribution in [-0.2, 0) is 0 Å². The molecule has 1 N–H and O–H groups in total. The Balaban J connectivity index is 1.59. The molecule has 4 aromatic rings. The molecule has 1 aromatic carbocycles. The van der Waals surface area contributed by atoms with Crippen molar-refractivity contribution in [3.8, 4) is 5.69 Å². The molecule has 1 saturated carbocycles. The van der Waals surface area contributed by atoms with Crippen LogP contribution in [0.2, 0.25) is 0 Å². The zero-order chi connectivity index (χ0) is 18.4. The van der Waals surface area contributed by atoms with Gasteiger partial charge in [0.05, 0.1) is 23.5 Å². The molecular weight excluding hydrogens is 344 g/mol. The lowest BCUT2D eigenvalue weighted by molar-refractivity contribution is 0.188. The van der Waals surface area contributed by atoms with Crippen LogP contribution in [0.5, 0.6) is 0 Å². The van der Waals surface area contributed by atoms with Gasteiger partial charge in [-0.05, 0) is 38.0 Å². The normalized spacial score (nSPS) is 18.7. The minimum Gasteiger partial charge on any atom is -0.393 e. The van der Waals surface area contributed by atoms with Gasteiger partial charge in [-0.3, -0.25) is 0 Å². The monoisotopic (exact) mass is 360 g/mol. The molecule has 0 amide bonds. The van der Waals surface area contributed by atoms with Crippen molar-refractivity contribution in [1.29, 1.82) is 0 Å². The Kier molecular flexibility index (Phi) is 3.61. The third kappa shape index (κ3) is 2.91. The minimum absolute atomic E-state index is 0.317. The van der Waals surface area contributed by atoms with Crippen LogP contribution >= 0.6 is 0 Å². The fraction of sp³-hybridized carbons (Fsp3) is 0.278. The topological polar surface area (TPSA) is 115 Å². The quantitative estimate of drug-likeness (QED) is 0.582. The number of nitrogens with zero attached hydrogens (tertiary/aromatic N) is 8. The number of hydrogen-bond donors (Lipinski definition) is 1. The van der Waals surface area contributed by atoms with Gasteiger partial charge < -0.3 is 5.11 Å². The summed E-state index contributed by atoms with van der Waals surface area (Å²) in [7, 11) is 0. The number of hydrogen-bond acceptors (Lipinski definition) is 8. The molecule has 3 aromatic heterocycles. The van der Waals surface area contributed by atoms with Crippen molar-refractivity contribution in [3.05, 3.63) is 36.4 Å². The fourth-order valence-corrected chi connectivity index (χ4v) is 3.24. The molecule has 0 saturated heterocycles. The number of aromatic nitrogens is 7. The Morgan fingerprint density at radius 3 is 2.93 bits per heavy atom. The molecular formula is C18H16N8O. The predicted octanol–water partition coefficient (Wildman–Crippen LogP) is 2.08. The first-order valence-electron chi connectivity index (χ1n) is 8.72. The number of benzene rings is 1. The van der Waals surface area contributed by atoms with E-state index >= 15 is 0 Å². The number of aliphatic imine (C=N–C) groups is 1. The van der Waals surface area contributed by atoms with Gasteiger partial charge in [-0.25, -0.2) is 19.9 Å². The highest BCUT2D eigenvalue weighted by Crippen LogP contribution is 2.22. The van der Waals surface area contributed by atoms with Gasteiger partial charge in [-0.2, -0.15) is 9.67 Å². The zero-order valence-electron chi connectivity index (χ0n) is 14.6. The summed E-state index contributed by atoms with van der Waals surface area (Å²) >= 11 is 0. The summed E-state index contributed by atoms with van der Waals surface area (Å²) in [4.78, 5) is 21.9. The largest absolute Gasteiger partial charge is 0.393 e. The van der Waals surface area contributed by atoms with Crippen LogP contribution in [0.15, 0.2) is 35.6 Å². The van der Waals surface area contributed by atoms with Crippen molar-refractivity contribution < 1.29 is 5.11 Å². The maximum Gasteiger partial charge on any atom is 0.251 e. The summed E-state index contributed by atoms with van der Waals surface area (Å²) in [6.07, 6.45) is 5.16. The van der Waals surface area contributed by atoms with E-state index in [4.69, 9.17) is 0 Å². The highest BCUT2D eigenvalue weighted by Gasteiger charge is 2.18. The van der Waals surface area contributed by atoms with Gasteiger partial charge in [0.25, 0.3) is 5.95 Å². The van der Waals surface area contributed by atoms with Crippen molar-refractivity contribution >= 4 is 33.7 Å². The summed E-state index contributed by atoms with van der Waals surface area (Å²) < 4.78 is 1.66. The van der Waals surface area contributed by atoms with Gasteiger partial charge in [0.1, 0.15) is 5.82 Å². The third-order valence-electron chi connectivity index (χ3n) is 4.60. The summed E-state index contributed by atoms with van der Waals surface area (Å²) in [6, 6.07) is 5.79. The van der Waals surface area contributed by atoms with E-state index in [1.807, 2.05) is 25.1 Å². The minimum atomic E-state index is -0.317.